The van der Waals surface area contributed by atoms with Crippen LogP contribution in [0.3, 0.4) is 0 Å². The molecular weight excluding hydrogens is 163 g/mol. The molecule has 0 nitrogen and oxygen atoms in total. The Hall–Kier alpha value is 0.430. The summed E-state index contributed by atoms with van der Waals surface area (Å²) in [5, 5.41) is 2.37. The number of hydrogen-bond donors (Lipinski definition) is 0. The fraction of sp³-hybridized carbons (Fsp3) is 1.00. The summed E-state index contributed by atoms with van der Waals surface area (Å²) in [6.07, 6.45) is 4.27. The van der Waals surface area contributed by atoms with E-state index in [1.165, 1.54) is 19.3 Å². The van der Waals surface area contributed by atoms with Gasteiger partial charge in [0.05, 0.1) is 0 Å². The smallest absolute Gasteiger partial charge is 0.00741 e. The second-order valence-electron chi connectivity index (χ2n) is 5.06. The van der Waals surface area contributed by atoms with E-state index in [0.29, 0.717) is 7.92 Å². The molecule has 2 aliphatic rings. The number of hydrogen-bond acceptors (Lipinski definition) is 0. The first kappa shape index (κ1) is 9.00. The summed E-state index contributed by atoms with van der Waals surface area (Å²) in [6, 6.07) is 0. The molecule has 0 spiro atoms. The van der Waals surface area contributed by atoms with Crippen LogP contribution in [0.5, 0.6) is 0 Å². The summed E-state index contributed by atoms with van der Waals surface area (Å²) in [5.74, 6) is 0. The lowest BCUT2D eigenvalue weighted by Gasteiger charge is -2.32. The van der Waals surface area contributed by atoms with Crippen molar-refractivity contribution >= 4 is 7.92 Å². The van der Waals surface area contributed by atoms with Crippen molar-refractivity contribution in [2.24, 2.45) is 0 Å². The van der Waals surface area contributed by atoms with Gasteiger partial charge in [-0.05, 0) is 23.2 Å². The van der Waals surface area contributed by atoms with Gasteiger partial charge >= 0.3 is 0 Å². The van der Waals surface area contributed by atoms with E-state index in [9.17, 15) is 0 Å². The fourth-order valence-electron chi connectivity index (χ4n) is 3.76. The van der Waals surface area contributed by atoms with Crippen LogP contribution in [0.1, 0.15) is 53.9 Å². The third-order valence-electron chi connectivity index (χ3n) is 4.86. The average molecular weight is 184 g/mol. The number of rotatable bonds is 3. The molecule has 0 aromatic carbocycles. The van der Waals surface area contributed by atoms with Gasteiger partial charge in [-0.2, -0.15) is 0 Å². The maximum Gasteiger partial charge on any atom is 0.00741 e. The van der Waals surface area contributed by atoms with Gasteiger partial charge in [-0.3, -0.25) is 0 Å². The van der Waals surface area contributed by atoms with Crippen molar-refractivity contribution in [1.82, 2.24) is 0 Å². The normalized spacial score (nSPS) is 61.2. The van der Waals surface area contributed by atoms with Crippen LogP contribution in [0.15, 0.2) is 0 Å². The zero-order valence-corrected chi connectivity index (χ0v) is 9.96. The van der Waals surface area contributed by atoms with Crippen LogP contribution < -0.4 is 0 Å². The zero-order chi connectivity index (χ0) is 9.20. The molecule has 12 heavy (non-hydrogen) atoms. The summed E-state index contributed by atoms with van der Waals surface area (Å²) >= 11 is 0. The van der Waals surface area contributed by atoms with E-state index in [1.807, 2.05) is 0 Å². The van der Waals surface area contributed by atoms with Crippen LogP contribution in [-0.4, -0.2) is 15.5 Å². The van der Waals surface area contributed by atoms with Gasteiger partial charge in [0.2, 0.25) is 0 Å². The highest BCUT2D eigenvalue weighted by atomic mass is 31.1. The SMILES string of the molecule is CCCC1(C)P2C(C)(CC)C21C. The maximum absolute atomic E-state index is 2.54. The van der Waals surface area contributed by atoms with Crippen LogP contribution in [-0.2, 0) is 0 Å². The lowest BCUT2D eigenvalue weighted by molar-refractivity contribution is 0.427. The van der Waals surface area contributed by atoms with Crippen molar-refractivity contribution in [2.45, 2.75) is 69.3 Å². The highest BCUT2D eigenvalue weighted by Crippen LogP contribution is 3.09. The van der Waals surface area contributed by atoms with Crippen molar-refractivity contribution in [3.05, 3.63) is 0 Å². The molecule has 0 bridgehead atoms. The van der Waals surface area contributed by atoms with Gasteiger partial charge in [-0.15, -0.1) is 0 Å². The van der Waals surface area contributed by atoms with Crippen molar-refractivity contribution in [3.63, 3.8) is 0 Å². The van der Waals surface area contributed by atoms with Crippen molar-refractivity contribution in [2.75, 3.05) is 0 Å². The predicted molar refractivity (Wildman–Crippen MR) is 57.3 cm³/mol. The van der Waals surface area contributed by atoms with Gasteiger partial charge in [0, 0.05) is 5.16 Å². The van der Waals surface area contributed by atoms with Crippen LogP contribution in [0.25, 0.3) is 0 Å². The first-order valence-electron chi connectivity index (χ1n) is 5.29. The summed E-state index contributed by atoms with van der Waals surface area (Å²) in [5.41, 5.74) is 0. The second kappa shape index (κ2) is 2.08. The van der Waals surface area contributed by atoms with E-state index in [4.69, 9.17) is 0 Å². The second-order valence-corrected chi connectivity index (χ2v) is 8.60. The molecule has 2 aliphatic heterocycles. The minimum atomic E-state index is 0.417. The van der Waals surface area contributed by atoms with Gasteiger partial charge in [-0.25, -0.2) is 0 Å². The molecule has 4 atom stereocenters. The third kappa shape index (κ3) is 0.597. The Morgan fingerprint density at radius 2 is 1.50 bits per heavy atom. The Morgan fingerprint density at radius 1 is 1.00 bits per heavy atom. The highest BCUT2D eigenvalue weighted by molar-refractivity contribution is 7.80. The predicted octanol–water partition coefficient (Wildman–Crippen LogP) is 3.98. The molecule has 2 fully saturated rings. The summed E-state index contributed by atoms with van der Waals surface area (Å²) < 4.78 is 0. The van der Waals surface area contributed by atoms with E-state index >= 15 is 0 Å². The molecule has 0 aromatic heterocycles. The first-order valence-corrected chi connectivity index (χ1v) is 6.63. The van der Waals surface area contributed by atoms with Crippen molar-refractivity contribution < 1.29 is 0 Å². The molecule has 0 aromatic rings. The largest absolute Gasteiger partial charge is 0.0847 e. The van der Waals surface area contributed by atoms with Crippen molar-refractivity contribution in [1.29, 1.82) is 0 Å². The molecule has 0 N–H and O–H groups in total. The van der Waals surface area contributed by atoms with E-state index < -0.39 is 0 Å². The molecule has 0 amide bonds. The highest BCUT2D eigenvalue weighted by Gasteiger charge is 2.94. The van der Waals surface area contributed by atoms with Crippen LogP contribution in [0.2, 0.25) is 0 Å². The van der Waals surface area contributed by atoms with E-state index in [2.05, 4.69) is 34.6 Å². The lowest BCUT2D eigenvalue weighted by atomic mass is 9.81. The standard InChI is InChI=1S/C11H21P/c1-6-8-10(4)11(5)9(3,7-2)12(10)11/h6-8H2,1-5H3. The molecule has 70 valence electrons. The molecule has 2 heterocycles. The number of fused-ring (bicyclic) bond motifs is 1. The van der Waals surface area contributed by atoms with Crippen LogP contribution in [0, 0.1) is 0 Å². The molecule has 4 unspecified atom stereocenters. The maximum atomic E-state index is 2.54. The Kier molecular flexibility index (Phi) is 1.56. The Balaban J connectivity index is 2.08. The zero-order valence-electron chi connectivity index (χ0n) is 9.07. The minimum Gasteiger partial charge on any atom is -0.0847 e. The Bertz CT molecular complexity index is 225. The third-order valence-corrected chi connectivity index (χ3v) is 9.70. The lowest BCUT2D eigenvalue weighted by Crippen LogP contribution is -2.36. The van der Waals surface area contributed by atoms with E-state index in [-0.39, 0.29) is 0 Å². The van der Waals surface area contributed by atoms with Crippen LogP contribution in [0.4, 0.5) is 0 Å². The molecule has 2 rings (SSSR count). The van der Waals surface area contributed by atoms with E-state index in [0.717, 1.165) is 15.5 Å². The first-order chi connectivity index (χ1) is 5.49. The molecular formula is C11H21P. The average Bonchev–Trinajstić information content (AvgIpc) is 2.73. The summed E-state index contributed by atoms with van der Waals surface area (Å²) in [4.78, 5) is 0. The molecule has 1 heteroatoms. The summed E-state index contributed by atoms with van der Waals surface area (Å²) in [6.45, 7) is 12.3. The van der Waals surface area contributed by atoms with Gasteiger partial charge in [-0.1, -0.05) is 49.0 Å². The van der Waals surface area contributed by atoms with Crippen LogP contribution >= 0.6 is 7.92 Å². The Labute approximate surface area is 77.9 Å². The quantitative estimate of drug-likeness (QED) is 0.582. The summed E-state index contributed by atoms with van der Waals surface area (Å²) in [7, 11) is 0.417. The molecule has 2 saturated heterocycles. The van der Waals surface area contributed by atoms with Crippen molar-refractivity contribution in [3.8, 4) is 0 Å². The monoisotopic (exact) mass is 184 g/mol. The van der Waals surface area contributed by atoms with Gasteiger partial charge in [0.25, 0.3) is 0 Å². The minimum absolute atomic E-state index is 0.417. The topological polar surface area (TPSA) is 0 Å². The van der Waals surface area contributed by atoms with Gasteiger partial charge < -0.3 is 0 Å². The molecule has 0 saturated carbocycles. The van der Waals surface area contributed by atoms with Gasteiger partial charge in [0.1, 0.15) is 0 Å². The fourth-order valence-corrected chi connectivity index (χ4v) is 9.18. The van der Waals surface area contributed by atoms with Gasteiger partial charge in [0.15, 0.2) is 0 Å². The van der Waals surface area contributed by atoms with E-state index in [1.54, 1.807) is 0 Å². The molecule has 0 aliphatic carbocycles. The molecule has 0 radical (unpaired) electrons. The Morgan fingerprint density at radius 3 is 1.83 bits per heavy atom.